The Balaban J connectivity index is 2.10. The first-order chi connectivity index (χ1) is 10.0. The van der Waals surface area contributed by atoms with Crippen LogP contribution in [-0.2, 0) is 0 Å². The summed E-state index contributed by atoms with van der Waals surface area (Å²) in [7, 11) is 0. The second kappa shape index (κ2) is 6.97. The van der Waals surface area contributed by atoms with Gasteiger partial charge in [0.2, 0.25) is 0 Å². The van der Waals surface area contributed by atoms with Crippen molar-refractivity contribution in [3.8, 4) is 0 Å². The summed E-state index contributed by atoms with van der Waals surface area (Å²) >= 11 is 3.27. The number of halogens is 1. The summed E-state index contributed by atoms with van der Waals surface area (Å²) in [5.41, 5.74) is 0.209. The summed E-state index contributed by atoms with van der Waals surface area (Å²) in [6, 6.07) is 4.18. The van der Waals surface area contributed by atoms with E-state index in [1.807, 2.05) is 0 Å². The lowest BCUT2D eigenvalue weighted by atomic mass is 10.1. The third-order valence-corrected chi connectivity index (χ3v) is 4.16. The van der Waals surface area contributed by atoms with Crippen LogP contribution >= 0.6 is 15.9 Å². The van der Waals surface area contributed by atoms with Crippen molar-refractivity contribution in [2.24, 2.45) is 0 Å². The Morgan fingerprint density at radius 2 is 2.00 bits per heavy atom. The van der Waals surface area contributed by atoms with Crippen molar-refractivity contribution in [2.45, 2.75) is 0 Å². The van der Waals surface area contributed by atoms with E-state index in [0.29, 0.717) is 42.8 Å². The molecule has 21 heavy (non-hydrogen) atoms. The lowest BCUT2D eigenvalue weighted by Crippen LogP contribution is -2.49. The molecule has 0 aliphatic carbocycles. The minimum atomic E-state index is -0.512. The highest BCUT2D eigenvalue weighted by Gasteiger charge is 2.24. The average Bonchev–Trinajstić information content (AvgIpc) is 2.48. The maximum absolute atomic E-state index is 12.5. The van der Waals surface area contributed by atoms with E-state index < -0.39 is 4.92 Å². The molecular formula is C13H16BrN3O4. The summed E-state index contributed by atoms with van der Waals surface area (Å²) in [5, 5.41) is 19.7. The van der Waals surface area contributed by atoms with Gasteiger partial charge in [0, 0.05) is 49.3 Å². The van der Waals surface area contributed by atoms with E-state index in [-0.39, 0.29) is 18.2 Å². The summed E-state index contributed by atoms with van der Waals surface area (Å²) in [6.07, 6.45) is 0. The van der Waals surface area contributed by atoms with Crippen LogP contribution in [0.2, 0.25) is 0 Å². The number of carbonyl (C=O) groups is 1. The topological polar surface area (TPSA) is 86.9 Å². The second-order valence-corrected chi connectivity index (χ2v) is 5.63. The zero-order valence-corrected chi connectivity index (χ0v) is 13.0. The number of hydrogen-bond donors (Lipinski definition) is 1. The monoisotopic (exact) mass is 357 g/mol. The number of rotatable bonds is 4. The minimum absolute atomic E-state index is 0.0968. The van der Waals surface area contributed by atoms with Crippen LogP contribution in [0.4, 0.5) is 5.69 Å². The van der Waals surface area contributed by atoms with Crippen LogP contribution in [-0.4, -0.2) is 65.1 Å². The quantitative estimate of drug-likeness (QED) is 0.644. The Labute approximate surface area is 130 Å². The number of benzene rings is 1. The summed E-state index contributed by atoms with van der Waals surface area (Å²) in [4.78, 5) is 26.5. The van der Waals surface area contributed by atoms with Gasteiger partial charge in [0.25, 0.3) is 11.6 Å². The maximum Gasteiger partial charge on any atom is 0.270 e. The average molecular weight is 358 g/mol. The molecule has 0 aromatic heterocycles. The van der Waals surface area contributed by atoms with E-state index >= 15 is 0 Å². The number of carbonyl (C=O) groups excluding carboxylic acids is 1. The summed E-state index contributed by atoms with van der Waals surface area (Å²) in [5.74, 6) is -0.214. The number of piperazine rings is 1. The number of nitro benzene ring substituents is 1. The Morgan fingerprint density at radius 1 is 1.33 bits per heavy atom. The molecule has 0 unspecified atom stereocenters. The van der Waals surface area contributed by atoms with Gasteiger partial charge in [0.05, 0.1) is 17.1 Å². The van der Waals surface area contributed by atoms with Gasteiger partial charge in [-0.05, 0) is 22.0 Å². The largest absolute Gasteiger partial charge is 0.395 e. The third kappa shape index (κ3) is 3.78. The van der Waals surface area contributed by atoms with Crippen molar-refractivity contribution in [1.82, 2.24) is 9.80 Å². The zero-order chi connectivity index (χ0) is 15.4. The fourth-order valence-electron chi connectivity index (χ4n) is 2.28. The molecule has 1 saturated heterocycles. The molecule has 114 valence electrons. The van der Waals surface area contributed by atoms with Crippen molar-refractivity contribution in [2.75, 3.05) is 39.3 Å². The number of hydrogen-bond acceptors (Lipinski definition) is 5. The van der Waals surface area contributed by atoms with Gasteiger partial charge in [-0.15, -0.1) is 0 Å². The first-order valence-electron chi connectivity index (χ1n) is 6.59. The van der Waals surface area contributed by atoms with Crippen LogP contribution < -0.4 is 0 Å². The van der Waals surface area contributed by atoms with Crippen LogP contribution in [0.5, 0.6) is 0 Å². The minimum Gasteiger partial charge on any atom is -0.395 e. The molecule has 7 nitrogen and oxygen atoms in total. The van der Waals surface area contributed by atoms with E-state index in [0.717, 1.165) is 0 Å². The van der Waals surface area contributed by atoms with Gasteiger partial charge < -0.3 is 10.0 Å². The number of non-ortho nitro benzene ring substituents is 1. The third-order valence-electron chi connectivity index (χ3n) is 3.47. The maximum atomic E-state index is 12.5. The van der Waals surface area contributed by atoms with Crippen molar-refractivity contribution in [1.29, 1.82) is 0 Å². The molecule has 1 aromatic carbocycles. The molecule has 1 aromatic rings. The van der Waals surface area contributed by atoms with E-state index in [1.54, 1.807) is 4.90 Å². The molecule has 0 saturated carbocycles. The Bertz CT molecular complexity index is 544. The fourth-order valence-corrected chi connectivity index (χ4v) is 2.69. The molecule has 1 N–H and O–H groups in total. The molecule has 0 radical (unpaired) electrons. The summed E-state index contributed by atoms with van der Waals surface area (Å²) < 4.78 is 0.552. The van der Waals surface area contributed by atoms with Gasteiger partial charge in [-0.2, -0.15) is 0 Å². The zero-order valence-electron chi connectivity index (χ0n) is 11.4. The number of nitrogens with zero attached hydrogens (tertiary/aromatic N) is 3. The fraction of sp³-hybridized carbons (Fsp3) is 0.462. The van der Waals surface area contributed by atoms with Crippen LogP contribution in [0, 0.1) is 10.1 Å². The Hall–Kier alpha value is -1.51. The standard InChI is InChI=1S/C13H16BrN3O4/c14-12-2-1-10(17(20)21)9-11(12)13(19)16-5-3-15(4-6-16)7-8-18/h1-2,9,18H,3-8H2. The number of aliphatic hydroxyl groups is 1. The van der Waals surface area contributed by atoms with Gasteiger partial charge in [0.15, 0.2) is 0 Å². The Kier molecular flexibility index (Phi) is 5.27. The van der Waals surface area contributed by atoms with Crippen molar-refractivity contribution in [3.05, 3.63) is 38.3 Å². The predicted molar refractivity (Wildman–Crippen MR) is 80.2 cm³/mol. The Morgan fingerprint density at radius 3 is 2.57 bits per heavy atom. The van der Waals surface area contributed by atoms with Gasteiger partial charge in [-0.3, -0.25) is 19.8 Å². The number of β-amino-alcohol motifs (C(OH)–C–C–N with tert-alkyl or cyclic N) is 1. The lowest BCUT2D eigenvalue weighted by Gasteiger charge is -2.34. The predicted octanol–water partition coefficient (Wildman–Crippen LogP) is 1.11. The molecule has 0 bridgehead atoms. The van der Waals surface area contributed by atoms with E-state index in [1.165, 1.54) is 18.2 Å². The summed E-state index contributed by atoms with van der Waals surface area (Å²) in [6.45, 7) is 3.19. The number of aliphatic hydroxyl groups excluding tert-OH is 1. The van der Waals surface area contributed by atoms with Crippen LogP contribution in [0.3, 0.4) is 0 Å². The highest BCUT2D eigenvalue weighted by molar-refractivity contribution is 9.10. The van der Waals surface area contributed by atoms with Crippen molar-refractivity contribution >= 4 is 27.5 Å². The van der Waals surface area contributed by atoms with E-state index in [2.05, 4.69) is 20.8 Å². The van der Waals surface area contributed by atoms with Crippen LogP contribution in [0.15, 0.2) is 22.7 Å². The highest BCUT2D eigenvalue weighted by Crippen LogP contribution is 2.24. The van der Waals surface area contributed by atoms with Gasteiger partial charge in [-0.25, -0.2) is 0 Å². The molecular weight excluding hydrogens is 342 g/mol. The molecule has 0 atom stereocenters. The van der Waals surface area contributed by atoms with Gasteiger partial charge >= 0.3 is 0 Å². The van der Waals surface area contributed by atoms with Gasteiger partial charge in [-0.1, -0.05) is 0 Å². The molecule has 0 spiro atoms. The molecule has 1 heterocycles. The highest BCUT2D eigenvalue weighted by atomic mass is 79.9. The molecule has 8 heteroatoms. The van der Waals surface area contributed by atoms with Gasteiger partial charge in [0.1, 0.15) is 0 Å². The van der Waals surface area contributed by atoms with Crippen molar-refractivity contribution < 1.29 is 14.8 Å². The molecule has 1 fully saturated rings. The molecule has 1 amide bonds. The SMILES string of the molecule is O=C(c1cc([N+](=O)[O-])ccc1Br)N1CCN(CCO)CC1. The smallest absolute Gasteiger partial charge is 0.270 e. The first kappa shape index (κ1) is 15.9. The van der Waals surface area contributed by atoms with Crippen LogP contribution in [0.1, 0.15) is 10.4 Å². The second-order valence-electron chi connectivity index (χ2n) is 4.78. The van der Waals surface area contributed by atoms with E-state index in [4.69, 9.17) is 5.11 Å². The van der Waals surface area contributed by atoms with Crippen molar-refractivity contribution in [3.63, 3.8) is 0 Å². The normalized spacial score (nSPS) is 16.0. The molecule has 1 aliphatic heterocycles. The number of amides is 1. The molecule has 2 rings (SSSR count). The van der Waals surface area contributed by atoms with Crippen LogP contribution in [0.25, 0.3) is 0 Å². The van der Waals surface area contributed by atoms with E-state index in [9.17, 15) is 14.9 Å². The molecule has 1 aliphatic rings. The first-order valence-corrected chi connectivity index (χ1v) is 7.38. The number of nitro groups is 1. The lowest BCUT2D eigenvalue weighted by molar-refractivity contribution is -0.384.